The molecule has 0 amide bonds. The van der Waals surface area contributed by atoms with Crippen LogP contribution >= 0.6 is 11.8 Å². The summed E-state index contributed by atoms with van der Waals surface area (Å²) in [7, 11) is 0. The number of benzene rings is 1. The second kappa shape index (κ2) is 7.71. The van der Waals surface area contributed by atoms with E-state index in [1.54, 1.807) is 0 Å². The summed E-state index contributed by atoms with van der Waals surface area (Å²) in [4.78, 5) is 1.32. The molecule has 3 heteroatoms. The Bertz CT molecular complexity index is 304. The van der Waals surface area contributed by atoms with Gasteiger partial charge in [-0.15, -0.1) is 11.8 Å². The average molecular weight is 239 g/mol. The van der Waals surface area contributed by atoms with Gasteiger partial charge in [-0.3, -0.25) is 0 Å². The molecule has 0 aliphatic carbocycles. The van der Waals surface area contributed by atoms with E-state index in [4.69, 9.17) is 5.11 Å². The van der Waals surface area contributed by atoms with Gasteiger partial charge in [0, 0.05) is 23.3 Å². The van der Waals surface area contributed by atoms with Crippen LogP contribution in [-0.4, -0.2) is 24.0 Å². The summed E-state index contributed by atoms with van der Waals surface area (Å²) in [6, 6.07) is 8.88. The van der Waals surface area contributed by atoms with E-state index in [-0.39, 0.29) is 6.61 Å². The van der Waals surface area contributed by atoms with Gasteiger partial charge in [0.1, 0.15) is 0 Å². The van der Waals surface area contributed by atoms with Crippen LogP contribution in [0.4, 0.5) is 0 Å². The lowest BCUT2D eigenvalue weighted by molar-refractivity contribution is 0.296. The standard InChI is InChI=1S/C13H21NOS/c1-3-14-11(2)12-7-4-5-8-13(12)16-10-6-9-15/h4-5,7-8,11,14-15H,3,6,9-10H2,1-2H3. The van der Waals surface area contributed by atoms with E-state index >= 15 is 0 Å². The molecular formula is C13H21NOS. The van der Waals surface area contributed by atoms with Crippen molar-refractivity contribution in [2.24, 2.45) is 0 Å². The minimum atomic E-state index is 0.276. The summed E-state index contributed by atoms with van der Waals surface area (Å²) in [6.45, 7) is 5.57. The van der Waals surface area contributed by atoms with Crippen LogP contribution < -0.4 is 5.32 Å². The number of aliphatic hydroxyl groups excluding tert-OH is 1. The monoisotopic (exact) mass is 239 g/mol. The van der Waals surface area contributed by atoms with Crippen molar-refractivity contribution in [2.75, 3.05) is 18.9 Å². The van der Waals surface area contributed by atoms with Gasteiger partial charge in [-0.2, -0.15) is 0 Å². The topological polar surface area (TPSA) is 32.3 Å². The third-order valence-electron chi connectivity index (χ3n) is 2.46. The number of nitrogens with one attached hydrogen (secondary N) is 1. The lowest BCUT2D eigenvalue weighted by atomic mass is 10.1. The molecule has 0 spiro atoms. The summed E-state index contributed by atoms with van der Waals surface area (Å²) in [6.07, 6.45) is 0.856. The van der Waals surface area contributed by atoms with Gasteiger partial charge in [-0.1, -0.05) is 25.1 Å². The molecule has 0 aliphatic heterocycles. The summed E-state index contributed by atoms with van der Waals surface area (Å²) < 4.78 is 0. The first-order chi connectivity index (χ1) is 7.79. The molecule has 90 valence electrons. The number of hydrogen-bond donors (Lipinski definition) is 2. The van der Waals surface area contributed by atoms with Crippen LogP contribution in [0.1, 0.15) is 31.9 Å². The summed E-state index contributed by atoms with van der Waals surface area (Å²) in [5.74, 6) is 0.979. The molecule has 16 heavy (non-hydrogen) atoms. The molecule has 0 radical (unpaired) electrons. The summed E-state index contributed by atoms with van der Waals surface area (Å²) in [5, 5.41) is 12.2. The predicted octanol–water partition coefficient (Wildman–Crippen LogP) is 2.83. The van der Waals surface area contributed by atoms with Crippen LogP contribution in [0.3, 0.4) is 0 Å². The van der Waals surface area contributed by atoms with Gasteiger partial charge in [0.25, 0.3) is 0 Å². The molecule has 0 aliphatic rings. The number of thioether (sulfide) groups is 1. The lowest BCUT2D eigenvalue weighted by Gasteiger charge is -2.16. The smallest absolute Gasteiger partial charge is 0.0439 e. The van der Waals surface area contributed by atoms with Crippen molar-refractivity contribution >= 4 is 11.8 Å². The Hall–Kier alpha value is -0.510. The molecule has 1 rings (SSSR count). The summed E-state index contributed by atoms with van der Waals surface area (Å²) >= 11 is 1.83. The Morgan fingerprint density at radius 1 is 1.38 bits per heavy atom. The highest BCUT2D eigenvalue weighted by molar-refractivity contribution is 7.99. The third-order valence-corrected chi connectivity index (χ3v) is 3.63. The zero-order valence-electron chi connectivity index (χ0n) is 10.1. The van der Waals surface area contributed by atoms with Crippen molar-refractivity contribution in [2.45, 2.75) is 31.2 Å². The summed E-state index contributed by atoms with van der Waals surface area (Å²) in [5.41, 5.74) is 1.35. The minimum Gasteiger partial charge on any atom is -0.396 e. The zero-order valence-corrected chi connectivity index (χ0v) is 10.9. The van der Waals surface area contributed by atoms with Gasteiger partial charge in [0.05, 0.1) is 0 Å². The second-order valence-corrected chi connectivity index (χ2v) is 4.88. The number of rotatable bonds is 7. The fourth-order valence-corrected chi connectivity index (χ4v) is 2.71. The normalized spacial score (nSPS) is 12.7. The van der Waals surface area contributed by atoms with Crippen LogP contribution in [0.2, 0.25) is 0 Å². The van der Waals surface area contributed by atoms with Gasteiger partial charge in [-0.05, 0) is 31.5 Å². The Balaban J connectivity index is 2.67. The van der Waals surface area contributed by atoms with Gasteiger partial charge in [-0.25, -0.2) is 0 Å². The van der Waals surface area contributed by atoms with Crippen LogP contribution in [0.25, 0.3) is 0 Å². The Morgan fingerprint density at radius 3 is 2.81 bits per heavy atom. The first kappa shape index (κ1) is 13.6. The first-order valence-electron chi connectivity index (χ1n) is 5.85. The Morgan fingerprint density at radius 2 is 2.12 bits per heavy atom. The molecule has 1 atom stereocenters. The van der Waals surface area contributed by atoms with Gasteiger partial charge < -0.3 is 10.4 Å². The lowest BCUT2D eigenvalue weighted by Crippen LogP contribution is -2.18. The van der Waals surface area contributed by atoms with E-state index in [1.165, 1.54) is 10.5 Å². The van der Waals surface area contributed by atoms with E-state index in [2.05, 4.69) is 43.4 Å². The van der Waals surface area contributed by atoms with Crippen LogP contribution in [0.15, 0.2) is 29.2 Å². The molecule has 1 aromatic carbocycles. The number of aliphatic hydroxyl groups is 1. The fourth-order valence-electron chi connectivity index (χ4n) is 1.63. The highest BCUT2D eigenvalue weighted by atomic mass is 32.2. The minimum absolute atomic E-state index is 0.276. The van der Waals surface area contributed by atoms with Crippen LogP contribution in [0, 0.1) is 0 Å². The first-order valence-corrected chi connectivity index (χ1v) is 6.84. The SMILES string of the molecule is CCNC(C)c1ccccc1SCCCO. The van der Waals surface area contributed by atoms with Crippen molar-refractivity contribution in [1.29, 1.82) is 0 Å². The van der Waals surface area contributed by atoms with E-state index in [0.717, 1.165) is 18.7 Å². The molecule has 1 aromatic rings. The molecule has 0 saturated heterocycles. The molecule has 2 nitrogen and oxygen atoms in total. The highest BCUT2D eigenvalue weighted by Crippen LogP contribution is 2.27. The number of hydrogen-bond acceptors (Lipinski definition) is 3. The van der Waals surface area contributed by atoms with Crippen molar-refractivity contribution < 1.29 is 5.11 Å². The Kier molecular flexibility index (Phi) is 6.53. The predicted molar refractivity (Wildman–Crippen MR) is 71.0 cm³/mol. The fraction of sp³-hybridized carbons (Fsp3) is 0.538. The van der Waals surface area contributed by atoms with Crippen molar-refractivity contribution in [3.05, 3.63) is 29.8 Å². The maximum Gasteiger partial charge on any atom is 0.0439 e. The third kappa shape index (κ3) is 4.16. The van der Waals surface area contributed by atoms with Gasteiger partial charge in [0.2, 0.25) is 0 Å². The molecule has 0 saturated carbocycles. The maximum atomic E-state index is 8.78. The van der Waals surface area contributed by atoms with Crippen LogP contribution in [0.5, 0.6) is 0 Å². The molecule has 0 bridgehead atoms. The Labute approximate surface area is 102 Å². The molecule has 0 fully saturated rings. The maximum absolute atomic E-state index is 8.78. The van der Waals surface area contributed by atoms with E-state index in [9.17, 15) is 0 Å². The largest absolute Gasteiger partial charge is 0.396 e. The molecule has 2 N–H and O–H groups in total. The molecule has 1 unspecified atom stereocenters. The average Bonchev–Trinajstić information content (AvgIpc) is 2.30. The molecular weight excluding hydrogens is 218 g/mol. The molecule has 0 aromatic heterocycles. The van der Waals surface area contributed by atoms with Crippen molar-refractivity contribution in [1.82, 2.24) is 5.32 Å². The van der Waals surface area contributed by atoms with Gasteiger partial charge >= 0.3 is 0 Å². The van der Waals surface area contributed by atoms with Gasteiger partial charge in [0.15, 0.2) is 0 Å². The van der Waals surface area contributed by atoms with Crippen LogP contribution in [-0.2, 0) is 0 Å². The molecule has 0 heterocycles. The van der Waals surface area contributed by atoms with Crippen molar-refractivity contribution in [3.63, 3.8) is 0 Å². The second-order valence-electron chi connectivity index (χ2n) is 3.74. The zero-order chi connectivity index (χ0) is 11.8. The highest BCUT2D eigenvalue weighted by Gasteiger charge is 2.08. The van der Waals surface area contributed by atoms with E-state index in [0.29, 0.717) is 6.04 Å². The van der Waals surface area contributed by atoms with E-state index in [1.807, 2.05) is 11.8 Å². The van der Waals surface area contributed by atoms with E-state index < -0.39 is 0 Å². The van der Waals surface area contributed by atoms with Crippen molar-refractivity contribution in [3.8, 4) is 0 Å². The quantitative estimate of drug-likeness (QED) is 0.567.